The average Bonchev–Trinajstić information content (AvgIpc) is 3.18. The molecule has 1 atom stereocenters. The lowest BCUT2D eigenvalue weighted by atomic mass is 10.2. The Hall–Kier alpha value is -3.28. The van der Waals surface area contributed by atoms with Crippen LogP contribution in [0.1, 0.15) is 24.2 Å². The summed E-state index contributed by atoms with van der Waals surface area (Å²) < 4.78 is 27.3. The van der Waals surface area contributed by atoms with Crippen LogP contribution in [0, 0.1) is 0 Å². The molecular formula is C22H25N5O5S. The maximum atomic E-state index is 12.9. The Balaban J connectivity index is 1.37. The van der Waals surface area contributed by atoms with Gasteiger partial charge < -0.3 is 15.3 Å². The van der Waals surface area contributed by atoms with Gasteiger partial charge in [-0.05, 0) is 44.2 Å². The first kappa shape index (κ1) is 22.9. The van der Waals surface area contributed by atoms with Gasteiger partial charge >= 0.3 is 5.69 Å². The molecule has 0 spiro atoms. The van der Waals surface area contributed by atoms with E-state index in [0.717, 1.165) is 0 Å². The summed E-state index contributed by atoms with van der Waals surface area (Å²) in [7, 11) is -3.68. The summed E-state index contributed by atoms with van der Waals surface area (Å²) in [5.41, 5.74) is 1.95. The number of imidazole rings is 1. The third-order valence-corrected chi connectivity index (χ3v) is 7.80. The van der Waals surface area contributed by atoms with Gasteiger partial charge in [0.15, 0.2) is 5.78 Å². The summed E-state index contributed by atoms with van der Waals surface area (Å²) in [6, 6.07) is 10.5. The quantitative estimate of drug-likeness (QED) is 0.465. The van der Waals surface area contributed by atoms with Gasteiger partial charge in [0.05, 0.1) is 22.0 Å². The number of hydrogen-bond acceptors (Lipinski definition) is 6. The van der Waals surface area contributed by atoms with Crippen molar-refractivity contribution in [3.8, 4) is 0 Å². The van der Waals surface area contributed by atoms with Crippen LogP contribution in [0.2, 0.25) is 0 Å². The molecule has 0 radical (unpaired) electrons. The standard InChI is InChI=1S/C22H25N5O5S/c1-14(21(29)23-17-5-8-19-20(13-17)25-22(30)24-19)26-9-11-27(12-10-26)33(31,32)18-6-3-16(4-7-18)15(2)28/h3-8,13-14H,9-12H2,1-2H3,(H,23,29)(H2,24,25,30)/t14-/m0/s1. The number of hydrogen-bond donors (Lipinski definition) is 3. The topological polar surface area (TPSA) is 135 Å². The van der Waals surface area contributed by atoms with Gasteiger partial charge in [0, 0.05) is 37.4 Å². The van der Waals surface area contributed by atoms with Crippen molar-refractivity contribution in [1.29, 1.82) is 0 Å². The number of H-pyrrole nitrogens is 2. The molecule has 1 aliphatic heterocycles. The van der Waals surface area contributed by atoms with Gasteiger partial charge in [-0.2, -0.15) is 4.31 Å². The van der Waals surface area contributed by atoms with Gasteiger partial charge in [-0.1, -0.05) is 12.1 Å². The average molecular weight is 472 g/mol. The fourth-order valence-electron chi connectivity index (χ4n) is 3.86. The van der Waals surface area contributed by atoms with Crippen LogP contribution in [0.25, 0.3) is 11.0 Å². The van der Waals surface area contributed by atoms with Gasteiger partial charge in [0.25, 0.3) is 0 Å². The highest BCUT2D eigenvalue weighted by atomic mass is 32.2. The number of nitrogens with zero attached hydrogens (tertiary/aromatic N) is 2. The summed E-state index contributed by atoms with van der Waals surface area (Å²) in [5, 5.41) is 2.85. The Kier molecular flexibility index (Phi) is 6.19. The van der Waals surface area contributed by atoms with Crippen LogP contribution < -0.4 is 11.0 Å². The van der Waals surface area contributed by atoms with Crippen LogP contribution in [-0.2, 0) is 14.8 Å². The number of fused-ring (bicyclic) bond motifs is 1. The molecule has 3 N–H and O–H groups in total. The zero-order valence-corrected chi connectivity index (χ0v) is 19.1. The predicted octanol–water partition coefficient (Wildman–Crippen LogP) is 1.39. The van der Waals surface area contributed by atoms with Crippen molar-refractivity contribution in [1.82, 2.24) is 19.2 Å². The predicted molar refractivity (Wildman–Crippen MR) is 124 cm³/mol. The monoisotopic (exact) mass is 471 g/mol. The molecule has 3 aromatic rings. The fourth-order valence-corrected chi connectivity index (χ4v) is 5.29. The molecule has 33 heavy (non-hydrogen) atoms. The number of carbonyl (C=O) groups excluding carboxylic acids is 2. The highest BCUT2D eigenvalue weighted by Crippen LogP contribution is 2.20. The van der Waals surface area contributed by atoms with E-state index in [4.69, 9.17) is 0 Å². The number of nitrogens with one attached hydrogen (secondary N) is 3. The molecule has 0 unspecified atom stereocenters. The first-order valence-electron chi connectivity index (χ1n) is 10.5. The molecule has 2 heterocycles. The van der Waals surface area contributed by atoms with Crippen molar-refractivity contribution < 1.29 is 18.0 Å². The summed E-state index contributed by atoms with van der Waals surface area (Å²) in [5.74, 6) is -0.343. The Morgan fingerprint density at radius 2 is 1.61 bits per heavy atom. The summed E-state index contributed by atoms with van der Waals surface area (Å²) in [4.78, 5) is 42.9. The molecule has 1 fully saturated rings. The van der Waals surface area contributed by atoms with Crippen LogP contribution in [0.4, 0.5) is 5.69 Å². The Morgan fingerprint density at radius 3 is 2.24 bits per heavy atom. The second-order valence-corrected chi connectivity index (χ2v) is 9.96. The van der Waals surface area contributed by atoms with Crippen LogP contribution in [0.5, 0.6) is 0 Å². The van der Waals surface area contributed by atoms with E-state index in [-0.39, 0.29) is 35.4 Å². The van der Waals surface area contributed by atoms with Crippen LogP contribution in [0.3, 0.4) is 0 Å². The number of Topliss-reactive ketones (excluding diaryl/α,β-unsaturated/α-hetero) is 1. The lowest BCUT2D eigenvalue weighted by Crippen LogP contribution is -2.53. The lowest BCUT2D eigenvalue weighted by molar-refractivity contribution is -0.121. The molecule has 174 valence electrons. The van der Waals surface area contributed by atoms with Crippen molar-refractivity contribution in [3.63, 3.8) is 0 Å². The summed E-state index contributed by atoms with van der Waals surface area (Å²) >= 11 is 0. The maximum absolute atomic E-state index is 12.9. The Labute approximate surface area is 190 Å². The summed E-state index contributed by atoms with van der Waals surface area (Å²) in [6.07, 6.45) is 0. The van der Waals surface area contributed by atoms with Crippen molar-refractivity contribution in [3.05, 3.63) is 58.5 Å². The smallest absolute Gasteiger partial charge is 0.323 e. The molecule has 0 aliphatic carbocycles. The number of piperazine rings is 1. The number of aromatic amines is 2. The van der Waals surface area contributed by atoms with E-state index >= 15 is 0 Å². The first-order valence-corrected chi connectivity index (χ1v) is 12.0. The minimum atomic E-state index is -3.68. The molecule has 1 saturated heterocycles. The zero-order chi connectivity index (χ0) is 23.8. The molecule has 0 bridgehead atoms. The highest BCUT2D eigenvalue weighted by molar-refractivity contribution is 7.89. The number of anilines is 1. The van der Waals surface area contributed by atoms with Gasteiger partial charge in [0.1, 0.15) is 0 Å². The zero-order valence-electron chi connectivity index (χ0n) is 18.3. The molecule has 4 rings (SSSR count). The van der Waals surface area contributed by atoms with Gasteiger partial charge in [-0.15, -0.1) is 0 Å². The second kappa shape index (κ2) is 8.93. The van der Waals surface area contributed by atoms with Crippen molar-refractivity contribution >= 4 is 38.4 Å². The highest BCUT2D eigenvalue weighted by Gasteiger charge is 2.32. The molecule has 11 heteroatoms. The SMILES string of the molecule is CC(=O)c1ccc(S(=O)(=O)N2CCN([C@@H](C)C(=O)Nc3ccc4[nH]c(=O)[nH]c4c3)CC2)cc1. The van der Waals surface area contributed by atoms with Crippen LogP contribution in [0.15, 0.2) is 52.2 Å². The van der Waals surface area contributed by atoms with E-state index in [1.54, 1.807) is 25.1 Å². The third-order valence-electron chi connectivity index (χ3n) is 5.88. The normalized spacial score (nSPS) is 16.5. The van der Waals surface area contributed by atoms with E-state index in [9.17, 15) is 22.8 Å². The van der Waals surface area contributed by atoms with Crippen molar-refractivity contribution in [2.24, 2.45) is 0 Å². The Morgan fingerprint density at radius 1 is 0.970 bits per heavy atom. The van der Waals surface area contributed by atoms with E-state index in [1.807, 2.05) is 4.90 Å². The molecule has 0 saturated carbocycles. The molecule has 10 nitrogen and oxygen atoms in total. The minimum Gasteiger partial charge on any atom is -0.325 e. The van der Waals surface area contributed by atoms with Crippen LogP contribution in [-0.4, -0.2) is 71.5 Å². The van der Waals surface area contributed by atoms with Crippen molar-refractivity contribution in [2.45, 2.75) is 24.8 Å². The molecule has 2 aromatic carbocycles. The van der Waals surface area contributed by atoms with E-state index < -0.39 is 16.1 Å². The molecule has 1 aromatic heterocycles. The molecule has 1 amide bonds. The second-order valence-electron chi connectivity index (χ2n) is 8.03. The largest absolute Gasteiger partial charge is 0.325 e. The Bertz CT molecular complexity index is 1350. The van der Waals surface area contributed by atoms with Crippen LogP contribution >= 0.6 is 0 Å². The first-order chi connectivity index (χ1) is 15.6. The molecule has 1 aliphatic rings. The van der Waals surface area contributed by atoms with E-state index in [0.29, 0.717) is 35.4 Å². The maximum Gasteiger partial charge on any atom is 0.323 e. The number of amides is 1. The third kappa shape index (κ3) is 4.75. The summed E-state index contributed by atoms with van der Waals surface area (Å²) in [6.45, 7) is 4.53. The number of ketones is 1. The van der Waals surface area contributed by atoms with E-state index in [2.05, 4.69) is 15.3 Å². The fraction of sp³-hybridized carbons (Fsp3) is 0.318. The minimum absolute atomic E-state index is 0.124. The number of aromatic nitrogens is 2. The molecular weight excluding hydrogens is 446 g/mol. The van der Waals surface area contributed by atoms with Crippen molar-refractivity contribution in [2.75, 3.05) is 31.5 Å². The number of benzene rings is 2. The van der Waals surface area contributed by atoms with E-state index in [1.165, 1.54) is 35.5 Å². The number of carbonyl (C=O) groups is 2. The number of sulfonamides is 1. The van der Waals surface area contributed by atoms with Gasteiger partial charge in [0.2, 0.25) is 15.9 Å². The lowest BCUT2D eigenvalue weighted by Gasteiger charge is -2.36. The van der Waals surface area contributed by atoms with Gasteiger partial charge in [-0.3, -0.25) is 14.5 Å². The number of rotatable bonds is 6. The van der Waals surface area contributed by atoms with Gasteiger partial charge in [-0.25, -0.2) is 13.2 Å².